The second kappa shape index (κ2) is 6.89. The first kappa shape index (κ1) is 14.3. The molecule has 20 heavy (non-hydrogen) atoms. The average molecular weight is 272 g/mol. The first-order valence-electron chi connectivity index (χ1n) is 6.95. The van der Waals surface area contributed by atoms with E-state index in [1.54, 1.807) is 6.20 Å². The van der Waals surface area contributed by atoms with Crippen LogP contribution >= 0.6 is 0 Å². The van der Waals surface area contributed by atoms with Crippen LogP contribution in [0.25, 0.3) is 5.69 Å². The van der Waals surface area contributed by atoms with Gasteiger partial charge in [-0.25, -0.2) is 4.68 Å². The van der Waals surface area contributed by atoms with Crippen LogP contribution in [0.2, 0.25) is 0 Å². The number of carbonyl (C=O) groups excluding carboxylic acids is 1. The highest BCUT2D eigenvalue weighted by atomic mass is 16.5. The molecule has 4 heteroatoms. The number of esters is 1. The summed E-state index contributed by atoms with van der Waals surface area (Å²) in [6.07, 6.45) is 4.54. The number of carbonyl (C=O) groups is 1. The van der Waals surface area contributed by atoms with Crippen LogP contribution < -0.4 is 0 Å². The standard InChI is InChI=1S/C16H20N2O2/c1-3-4-10-14(16(19)20-2)15-11-12-17-18(15)13-8-6-5-7-9-13/h5-9,11-12,14H,3-4,10H2,1-2H3. The molecule has 0 aliphatic rings. The summed E-state index contributed by atoms with van der Waals surface area (Å²) in [5, 5.41) is 4.34. The van der Waals surface area contributed by atoms with Gasteiger partial charge >= 0.3 is 5.97 Å². The van der Waals surface area contributed by atoms with Gasteiger partial charge in [-0.3, -0.25) is 4.79 Å². The fourth-order valence-electron chi connectivity index (χ4n) is 2.30. The minimum absolute atomic E-state index is 0.198. The summed E-state index contributed by atoms with van der Waals surface area (Å²) < 4.78 is 6.76. The molecule has 0 aliphatic heterocycles. The van der Waals surface area contributed by atoms with Crippen LogP contribution in [0, 0.1) is 0 Å². The van der Waals surface area contributed by atoms with Gasteiger partial charge in [0, 0.05) is 6.20 Å². The summed E-state index contributed by atoms with van der Waals surface area (Å²) in [6.45, 7) is 2.11. The Bertz CT molecular complexity index is 549. The van der Waals surface area contributed by atoms with Crippen molar-refractivity contribution in [2.75, 3.05) is 7.11 Å². The van der Waals surface area contributed by atoms with Crippen LogP contribution in [-0.2, 0) is 9.53 Å². The third-order valence-electron chi connectivity index (χ3n) is 3.36. The Balaban J connectivity index is 2.35. The van der Waals surface area contributed by atoms with Crippen molar-refractivity contribution in [1.29, 1.82) is 0 Å². The molecule has 1 aromatic heterocycles. The molecule has 0 radical (unpaired) electrons. The quantitative estimate of drug-likeness (QED) is 0.758. The maximum absolute atomic E-state index is 12.0. The van der Waals surface area contributed by atoms with Crippen LogP contribution in [0.5, 0.6) is 0 Å². The molecule has 4 nitrogen and oxygen atoms in total. The SMILES string of the molecule is CCCCC(C(=O)OC)c1ccnn1-c1ccccc1. The van der Waals surface area contributed by atoms with Crippen molar-refractivity contribution in [1.82, 2.24) is 9.78 Å². The first-order valence-corrected chi connectivity index (χ1v) is 6.95. The molecular formula is C16H20N2O2. The zero-order valence-electron chi connectivity index (χ0n) is 12.0. The molecule has 2 rings (SSSR count). The molecule has 0 spiro atoms. The average Bonchev–Trinajstić information content (AvgIpc) is 2.97. The molecule has 2 aromatic rings. The maximum Gasteiger partial charge on any atom is 0.314 e. The number of rotatable bonds is 6. The van der Waals surface area contributed by atoms with Crippen LogP contribution in [0.1, 0.15) is 37.8 Å². The number of methoxy groups -OCH3 is 1. The Hall–Kier alpha value is -2.10. The predicted molar refractivity (Wildman–Crippen MR) is 77.8 cm³/mol. The topological polar surface area (TPSA) is 44.1 Å². The number of para-hydroxylation sites is 1. The van der Waals surface area contributed by atoms with E-state index >= 15 is 0 Å². The normalized spacial score (nSPS) is 12.1. The Morgan fingerprint density at radius 2 is 2.05 bits per heavy atom. The zero-order chi connectivity index (χ0) is 14.4. The minimum Gasteiger partial charge on any atom is -0.469 e. The number of unbranched alkanes of at least 4 members (excludes halogenated alkanes) is 1. The van der Waals surface area contributed by atoms with E-state index in [1.807, 2.05) is 41.1 Å². The van der Waals surface area contributed by atoms with Crippen molar-refractivity contribution >= 4 is 5.97 Å². The molecule has 0 saturated heterocycles. The fourth-order valence-corrected chi connectivity index (χ4v) is 2.30. The van der Waals surface area contributed by atoms with Gasteiger partial charge < -0.3 is 4.74 Å². The van der Waals surface area contributed by atoms with Crippen molar-refractivity contribution in [3.05, 3.63) is 48.3 Å². The lowest BCUT2D eigenvalue weighted by atomic mass is 9.98. The monoisotopic (exact) mass is 272 g/mol. The molecule has 1 unspecified atom stereocenters. The van der Waals surface area contributed by atoms with Gasteiger partial charge in [0.2, 0.25) is 0 Å². The molecular weight excluding hydrogens is 252 g/mol. The fraction of sp³-hybridized carbons (Fsp3) is 0.375. The number of nitrogens with zero attached hydrogens (tertiary/aromatic N) is 2. The molecule has 0 aliphatic carbocycles. The number of benzene rings is 1. The van der Waals surface area contributed by atoms with E-state index in [2.05, 4.69) is 12.0 Å². The summed E-state index contributed by atoms with van der Waals surface area (Å²) in [5.74, 6) is -0.459. The zero-order valence-corrected chi connectivity index (χ0v) is 12.0. The van der Waals surface area contributed by atoms with Crippen LogP contribution in [0.15, 0.2) is 42.6 Å². The van der Waals surface area contributed by atoms with E-state index in [0.29, 0.717) is 0 Å². The summed E-state index contributed by atoms with van der Waals surface area (Å²) >= 11 is 0. The minimum atomic E-state index is -0.261. The van der Waals surface area contributed by atoms with Gasteiger partial charge in [-0.05, 0) is 24.6 Å². The Labute approximate surface area is 119 Å². The highest BCUT2D eigenvalue weighted by Gasteiger charge is 2.24. The Kier molecular flexibility index (Phi) is 4.93. The number of ether oxygens (including phenoxy) is 1. The molecule has 0 fully saturated rings. The number of aromatic nitrogens is 2. The lowest BCUT2D eigenvalue weighted by Gasteiger charge is -2.16. The third kappa shape index (κ3) is 3.07. The van der Waals surface area contributed by atoms with Crippen molar-refractivity contribution < 1.29 is 9.53 Å². The summed E-state index contributed by atoms with van der Waals surface area (Å²) in [7, 11) is 1.44. The van der Waals surface area contributed by atoms with Gasteiger partial charge in [-0.1, -0.05) is 38.0 Å². The second-order valence-corrected chi connectivity index (χ2v) is 4.72. The molecule has 0 amide bonds. The van der Waals surface area contributed by atoms with Crippen molar-refractivity contribution in [3.63, 3.8) is 0 Å². The molecule has 0 bridgehead atoms. The molecule has 0 saturated carbocycles. The van der Waals surface area contributed by atoms with Crippen LogP contribution in [0.3, 0.4) is 0 Å². The van der Waals surface area contributed by atoms with Crippen LogP contribution in [-0.4, -0.2) is 22.9 Å². The van der Waals surface area contributed by atoms with Crippen molar-refractivity contribution in [3.8, 4) is 5.69 Å². The molecule has 106 valence electrons. The van der Waals surface area contributed by atoms with E-state index in [9.17, 15) is 4.79 Å². The van der Waals surface area contributed by atoms with Crippen molar-refractivity contribution in [2.24, 2.45) is 0 Å². The van der Waals surface area contributed by atoms with Gasteiger partial charge in [-0.15, -0.1) is 0 Å². The smallest absolute Gasteiger partial charge is 0.314 e. The van der Waals surface area contributed by atoms with Gasteiger partial charge in [0.1, 0.15) is 0 Å². The van der Waals surface area contributed by atoms with Crippen molar-refractivity contribution in [2.45, 2.75) is 32.1 Å². The maximum atomic E-state index is 12.0. The third-order valence-corrected chi connectivity index (χ3v) is 3.36. The van der Waals surface area contributed by atoms with E-state index in [0.717, 1.165) is 30.6 Å². The number of hydrogen-bond donors (Lipinski definition) is 0. The largest absolute Gasteiger partial charge is 0.469 e. The van der Waals surface area contributed by atoms with Gasteiger partial charge in [0.05, 0.1) is 24.4 Å². The molecule has 1 heterocycles. The predicted octanol–water partition coefficient (Wildman–Crippen LogP) is 3.32. The summed E-state index contributed by atoms with van der Waals surface area (Å²) in [5.41, 5.74) is 1.84. The second-order valence-electron chi connectivity index (χ2n) is 4.72. The molecule has 0 N–H and O–H groups in total. The first-order chi connectivity index (χ1) is 9.77. The van der Waals surface area contributed by atoms with Crippen LogP contribution in [0.4, 0.5) is 0 Å². The highest BCUT2D eigenvalue weighted by molar-refractivity contribution is 5.77. The molecule has 1 aromatic carbocycles. The highest BCUT2D eigenvalue weighted by Crippen LogP contribution is 2.25. The lowest BCUT2D eigenvalue weighted by Crippen LogP contribution is -2.18. The number of hydrogen-bond acceptors (Lipinski definition) is 3. The van der Waals surface area contributed by atoms with E-state index in [1.165, 1.54) is 7.11 Å². The lowest BCUT2D eigenvalue weighted by molar-refractivity contribution is -0.142. The van der Waals surface area contributed by atoms with E-state index < -0.39 is 0 Å². The molecule has 1 atom stereocenters. The van der Waals surface area contributed by atoms with Gasteiger partial charge in [0.15, 0.2) is 0 Å². The van der Waals surface area contributed by atoms with E-state index in [4.69, 9.17) is 4.74 Å². The Morgan fingerprint density at radius 3 is 2.70 bits per heavy atom. The summed E-state index contributed by atoms with van der Waals surface area (Å²) in [4.78, 5) is 12.0. The van der Waals surface area contributed by atoms with Gasteiger partial charge in [-0.2, -0.15) is 5.10 Å². The van der Waals surface area contributed by atoms with Gasteiger partial charge in [0.25, 0.3) is 0 Å². The summed E-state index contributed by atoms with van der Waals surface area (Å²) in [6, 6.07) is 11.7. The van der Waals surface area contributed by atoms with E-state index in [-0.39, 0.29) is 11.9 Å². The Morgan fingerprint density at radius 1 is 1.30 bits per heavy atom.